The molecule has 0 N–H and O–H groups in total. The number of benzene rings is 1. The van der Waals surface area contributed by atoms with E-state index >= 15 is 0 Å². The largest absolute Gasteiger partial charge is 0.234 e. The van der Waals surface area contributed by atoms with Crippen molar-refractivity contribution in [2.45, 2.75) is 0 Å². The van der Waals surface area contributed by atoms with Crippen molar-refractivity contribution in [1.82, 2.24) is 4.98 Å². The van der Waals surface area contributed by atoms with E-state index in [2.05, 4.69) is 4.98 Å². The van der Waals surface area contributed by atoms with Crippen LogP contribution < -0.4 is 0 Å². The van der Waals surface area contributed by atoms with Gasteiger partial charge in [-0.15, -0.1) is 0 Å². The average molecular weight is 267 g/mol. The third-order valence-electron chi connectivity index (χ3n) is 1.80. The first-order chi connectivity index (χ1) is 6.61. The molecule has 0 aliphatic carbocycles. The van der Waals surface area contributed by atoms with E-state index in [1.807, 2.05) is 0 Å². The highest BCUT2D eigenvalue weighted by molar-refractivity contribution is 6.51. The maximum absolute atomic E-state index is 6.00. The Hall–Kier alpha value is -0.210. The lowest BCUT2D eigenvalue weighted by Gasteiger charge is -2.05. The molecule has 0 spiro atoms. The molecule has 0 aliphatic rings. The van der Waals surface area contributed by atoms with Crippen LogP contribution >= 0.6 is 46.4 Å². The zero-order valence-electron chi connectivity index (χ0n) is 6.69. The molecule has 0 aliphatic heterocycles. The van der Waals surface area contributed by atoms with Gasteiger partial charge in [0.25, 0.3) is 0 Å². The second kappa shape index (κ2) is 3.74. The number of hydrogen-bond donors (Lipinski definition) is 0. The van der Waals surface area contributed by atoms with Crippen molar-refractivity contribution < 1.29 is 0 Å². The van der Waals surface area contributed by atoms with Gasteiger partial charge < -0.3 is 0 Å². The van der Waals surface area contributed by atoms with Crippen LogP contribution in [-0.4, -0.2) is 4.98 Å². The van der Waals surface area contributed by atoms with Crippen LogP contribution in [-0.2, 0) is 0 Å². The van der Waals surface area contributed by atoms with E-state index in [1.165, 1.54) is 0 Å². The topological polar surface area (TPSA) is 12.9 Å². The second-order valence-corrected chi connectivity index (χ2v) is 4.19. The predicted octanol–water partition coefficient (Wildman–Crippen LogP) is 4.85. The Morgan fingerprint density at radius 3 is 2.36 bits per heavy atom. The zero-order chi connectivity index (χ0) is 10.3. The fourth-order valence-corrected chi connectivity index (χ4v) is 2.15. The van der Waals surface area contributed by atoms with Gasteiger partial charge in [-0.1, -0.05) is 52.5 Å². The highest BCUT2D eigenvalue weighted by atomic mass is 35.5. The quantitative estimate of drug-likeness (QED) is 0.622. The molecule has 2 rings (SSSR count). The molecule has 14 heavy (non-hydrogen) atoms. The molecule has 5 heteroatoms. The van der Waals surface area contributed by atoms with Crippen LogP contribution in [0, 0.1) is 0 Å². The summed E-state index contributed by atoms with van der Waals surface area (Å²) in [5.41, 5.74) is 0.636. The highest BCUT2D eigenvalue weighted by Crippen LogP contribution is 2.37. The monoisotopic (exact) mass is 265 g/mol. The van der Waals surface area contributed by atoms with E-state index in [1.54, 1.807) is 18.2 Å². The second-order valence-electron chi connectivity index (χ2n) is 2.66. The summed E-state index contributed by atoms with van der Waals surface area (Å²) >= 11 is 23.6. The van der Waals surface area contributed by atoms with Crippen molar-refractivity contribution in [2.75, 3.05) is 0 Å². The van der Waals surface area contributed by atoms with Crippen LogP contribution in [0.3, 0.4) is 0 Å². The van der Waals surface area contributed by atoms with E-state index in [4.69, 9.17) is 46.4 Å². The molecular weight excluding hydrogens is 264 g/mol. The van der Waals surface area contributed by atoms with Crippen molar-refractivity contribution in [3.05, 3.63) is 38.4 Å². The van der Waals surface area contributed by atoms with Crippen LogP contribution in [0.25, 0.3) is 10.9 Å². The van der Waals surface area contributed by atoms with Gasteiger partial charge in [0.1, 0.15) is 5.15 Å². The third kappa shape index (κ3) is 1.55. The first-order valence-corrected chi connectivity index (χ1v) is 5.21. The molecule has 1 heterocycles. The van der Waals surface area contributed by atoms with Crippen LogP contribution in [0.2, 0.25) is 20.2 Å². The molecule has 1 aromatic heterocycles. The van der Waals surface area contributed by atoms with Gasteiger partial charge in [0.2, 0.25) is 0 Å². The van der Waals surface area contributed by atoms with Crippen molar-refractivity contribution in [1.29, 1.82) is 0 Å². The van der Waals surface area contributed by atoms with Crippen molar-refractivity contribution in [3.63, 3.8) is 0 Å². The van der Waals surface area contributed by atoms with Gasteiger partial charge in [-0.3, -0.25) is 0 Å². The van der Waals surface area contributed by atoms with Gasteiger partial charge in [0.15, 0.2) is 0 Å². The normalized spacial score (nSPS) is 10.9. The Bertz CT molecular complexity index is 510. The maximum atomic E-state index is 6.00. The summed E-state index contributed by atoms with van der Waals surface area (Å²) in [6.07, 6.45) is 0. The first-order valence-electron chi connectivity index (χ1n) is 3.70. The van der Waals surface area contributed by atoms with Gasteiger partial charge in [0.05, 0.1) is 20.6 Å². The van der Waals surface area contributed by atoms with Gasteiger partial charge in [-0.05, 0) is 12.1 Å². The molecule has 0 unspecified atom stereocenters. The minimum absolute atomic E-state index is 0.187. The molecule has 2 aromatic rings. The summed E-state index contributed by atoms with van der Waals surface area (Å²) in [7, 11) is 0. The molecule has 1 nitrogen and oxygen atoms in total. The standard InChI is InChI=1S/C9H3Cl4N/c10-4-2-1-3-5-6(4)7(11)8(12)9(13)14-5/h1-3H. The molecule has 0 saturated heterocycles. The molecule has 0 amide bonds. The molecule has 1 aromatic carbocycles. The summed E-state index contributed by atoms with van der Waals surface area (Å²) < 4.78 is 0. The Balaban J connectivity index is 2.99. The first kappa shape index (κ1) is 10.3. The van der Waals surface area contributed by atoms with Crippen LogP contribution in [0.15, 0.2) is 18.2 Å². The average Bonchev–Trinajstić information content (AvgIpc) is 2.14. The molecule has 72 valence electrons. The number of rotatable bonds is 0. The number of fused-ring (bicyclic) bond motifs is 1. The Labute approximate surface area is 101 Å². The fraction of sp³-hybridized carbons (Fsp3) is 0. The van der Waals surface area contributed by atoms with Gasteiger partial charge in [0, 0.05) is 5.39 Å². The summed E-state index contributed by atoms with van der Waals surface area (Å²) in [5, 5.41) is 1.90. The molecule has 0 saturated carbocycles. The minimum Gasteiger partial charge on any atom is -0.234 e. The number of pyridine rings is 1. The zero-order valence-corrected chi connectivity index (χ0v) is 9.71. The number of hydrogen-bond acceptors (Lipinski definition) is 1. The minimum atomic E-state index is 0.187. The fourth-order valence-electron chi connectivity index (χ4n) is 1.18. The molecule has 0 radical (unpaired) electrons. The van der Waals surface area contributed by atoms with Gasteiger partial charge in [-0.25, -0.2) is 4.98 Å². The van der Waals surface area contributed by atoms with Crippen molar-refractivity contribution >= 4 is 57.3 Å². The number of halogens is 4. The van der Waals surface area contributed by atoms with E-state index in [0.717, 1.165) is 0 Å². The third-order valence-corrected chi connectivity index (χ3v) is 3.33. The summed E-state index contributed by atoms with van der Waals surface area (Å²) in [6, 6.07) is 5.27. The maximum Gasteiger partial charge on any atom is 0.149 e. The Morgan fingerprint density at radius 1 is 0.929 bits per heavy atom. The molecular formula is C9H3Cl4N. The van der Waals surface area contributed by atoms with Crippen LogP contribution in [0.5, 0.6) is 0 Å². The predicted molar refractivity (Wildman–Crippen MR) is 61.8 cm³/mol. The summed E-state index contributed by atoms with van der Waals surface area (Å²) in [4.78, 5) is 4.06. The summed E-state index contributed by atoms with van der Waals surface area (Å²) in [5.74, 6) is 0. The molecule has 0 bridgehead atoms. The Kier molecular flexibility index (Phi) is 2.76. The smallest absolute Gasteiger partial charge is 0.149 e. The van der Waals surface area contributed by atoms with E-state index in [9.17, 15) is 0 Å². The molecule has 0 atom stereocenters. The van der Waals surface area contributed by atoms with E-state index in [0.29, 0.717) is 20.9 Å². The van der Waals surface area contributed by atoms with E-state index in [-0.39, 0.29) is 10.2 Å². The van der Waals surface area contributed by atoms with E-state index < -0.39 is 0 Å². The lowest BCUT2D eigenvalue weighted by molar-refractivity contribution is 1.41. The van der Waals surface area contributed by atoms with Crippen molar-refractivity contribution in [3.8, 4) is 0 Å². The lowest BCUT2D eigenvalue weighted by atomic mass is 10.2. The van der Waals surface area contributed by atoms with Crippen molar-refractivity contribution in [2.24, 2.45) is 0 Å². The highest BCUT2D eigenvalue weighted by Gasteiger charge is 2.12. The SMILES string of the molecule is Clc1nc2cccc(Cl)c2c(Cl)c1Cl. The van der Waals surface area contributed by atoms with Crippen LogP contribution in [0.4, 0.5) is 0 Å². The van der Waals surface area contributed by atoms with Gasteiger partial charge in [-0.2, -0.15) is 0 Å². The number of nitrogens with zero attached hydrogens (tertiary/aromatic N) is 1. The van der Waals surface area contributed by atoms with Gasteiger partial charge >= 0.3 is 0 Å². The number of aromatic nitrogens is 1. The van der Waals surface area contributed by atoms with Crippen LogP contribution in [0.1, 0.15) is 0 Å². The summed E-state index contributed by atoms with van der Waals surface area (Å²) in [6.45, 7) is 0. The molecule has 0 fully saturated rings. The Morgan fingerprint density at radius 2 is 1.64 bits per heavy atom. The lowest BCUT2D eigenvalue weighted by Crippen LogP contribution is -1.84.